The normalized spacial score (nSPS) is 12.0. The maximum absolute atomic E-state index is 11.8. The molecule has 2 aromatic rings. The summed E-state index contributed by atoms with van der Waals surface area (Å²) >= 11 is 0. The Morgan fingerprint density at radius 1 is 1.00 bits per heavy atom. The molecule has 0 bridgehead atoms. The summed E-state index contributed by atoms with van der Waals surface area (Å²) in [6, 6.07) is 16.7. The molecule has 0 atom stereocenters. The summed E-state index contributed by atoms with van der Waals surface area (Å²) in [7, 11) is 1.90. The second kappa shape index (κ2) is 8.71. The Morgan fingerprint density at radius 2 is 1.58 bits per heavy atom. The average molecular weight is 347 g/mol. The first-order valence-electron chi connectivity index (χ1n) is 8.04. The number of fused-ring (bicyclic) bond motifs is 3. The number of alkyl carbamates (subject to hydrolysis) is 1. The van der Waals surface area contributed by atoms with Crippen molar-refractivity contribution in [2.24, 2.45) is 0 Å². The van der Waals surface area contributed by atoms with E-state index in [0.717, 1.165) is 13.0 Å². The number of nitrogens with one attached hydrogen (secondary N) is 2. The first-order valence-corrected chi connectivity index (χ1v) is 8.04. The zero-order chi connectivity index (χ0) is 16.1. The minimum absolute atomic E-state index is 0. The van der Waals surface area contributed by atoms with Crippen molar-refractivity contribution in [1.82, 2.24) is 10.6 Å². The lowest BCUT2D eigenvalue weighted by Gasteiger charge is -2.14. The van der Waals surface area contributed by atoms with Crippen LogP contribution in [0.3, 0.4) is 0 Å². The quantitative estimate of drug-likeness (QED) is 0.786. The summed E-state index contributed by atoms with van der Waals surface area (Å²) in [5, 5.41) is 5.84. The van der Waals surface area contributed by atoms with E-state index in [-0.39, 0.29) is 24.4 Å². The first-order chi connectivity index (χ1) is 11.3. The number of ether oxygens (including phenoxy) is 1. The summed E-state index contributed by atoms with van der Waals surface area (Å²) in [5.41, 5.74) is 4.95. The molecule has 24 heavy (non-hydrogen) atoms. The summed E-state index contributed by atoms with van der Waals surface area (Å²) in [6.07, 6.45) is 0.545. The lowest BCUT2D eigenvalue weighted by molar-refractivity contribution is 0.143. The molecule has 3 rings (SSSR count). The van der Waals surface area contributed by atoms with Crippen LogP contribution in [0, 0.1) is 0 Å². The van der Waals surface area contributed by atoms with Gasteiger partial charge in [0.15, 0.2) is 0 Å². The highest BCUT2D eigenvalue weighted by Crippen LogP contribution is 2.44. The lowest BCUT2D eigenvalue weighted by atomic mass is 9.98. The molecule has 2 N–H and O–H groups in total. The van der Waals surface area contributed by atoms with Crippen molar-refractivity contribution in [2.45, 2.75) is 12.3 Å². The van der Waals surface area contributed by atoms with Gasteiger partial charge in [0.1, 0.15) is 6.61 Å². The Hall–Kier alpha value is -2.04. The summed E-state index contributed by atoms with van der Waals surface area (Å²) in [5.74, 6) is 0.116. The molecule has 128 valence electrons. The van der Waals surface area contributed by atoms with Crippen LogP contribution in [0.4, 0.5) is 4.79 Å². The number of rotatable bonds is 6. The van der Waals surface area contributed by atoms with Crippen LogP contribution in [-0.2, 0) is 4.74 Å². The number of carbonyl (C=O) groups excluding carboxylic acids is 1. The van der Waals surface area contributed by atoms with E-state index in [0.29, 0.717) is 13.2 Å². The fourth-order valence-corrected chi connectivity index (χ4v) is 3.11. The van der Waals surface area contributed by atoms with E-state index in [1.807, 2.05) is 31.3 Å². The number of hydrogen-bond donors (Lipinski definition) is 2. The summed E-state index contributed by atoms with van der Waals surface area (Å²) in [4.78, 5) is 11.8. The average Bonchev–Trinajstić information content (AvgIpc) is 2.91. The van der Waals surface area contributed by atoms with Crippen LogP contribution in [0.1, 0.15) is 23.5 Å². The van der Waals surface area contributed by atoms with Gasteiger partial charge in [0.2, 0.25) is 0 Å². The van der Waals surface area contributed by atoms with E-state index in [9.17, 15) is 4.79 Å². The maximum atomic E-state index is 11.8. The van der Waals surface area contributed by atoms with Crippen LogP contribution in [0.15, 0.2) is 48.5 Å². The Morgan fingerprint density at radius 3 is 2.17 bits per heavy atom. The zero-order valence-corrected chi connectivity index (χ0v) is 14.6. The predicted octanol–water partition coefficient (Wildman–Crippen LogP) is 3.56. The van der Waals surface area contributed by atoms with E-state index in [2.05, 4.69) is 34.9 Å². The molecule has 0 spiro atoms. The fourth-order valence-electron chi connectivity index (χ4n) is 3.11. The lowest BCUT2D eigenvalue weighted by Crippen LogP contribution is -2.28. The number of hydrogen-bond acceptors (Lipinski definition) is 3. The van der Waals surface area contributed by atoms with Crippen molar-refractivity contribution in [2.75, 3.05) is 26.7 Å². The Kier molecular flexibility index (Phi) is 6.64. The second-order valence-electron chi connectivity index (χ2n) is 5.71. The SMILES string of the molecule is CNCCCNC(=O)OCC1c2ccccc2-c2ccccc21.Cl. The van der Waals surface area contributed by atoms with Gasteiger partial charge in [-0.25, -0.2) is 4.79 Å². The minimum Gasteiger partial charge on any atom is -0.449 e. The highest BCUT2D eigenvalue weighted by molar-refractivity contribution is 5.85. The van der Waals surface area contributed by atoms with Crippen molar-refractivity contribution >= 4 is 18.5 Å². The van der Waals surface area contributed by atoms with Gasteiger partial charge in [-0.05, 0) is 42.3 Å². The van der Waals surface area contributed by atoms with Gasteiger partial charge in [0.25, 0.3) is 0 Å². The Labute approximate surface area is 149 Å². The van der Waals surface area contributed by atoms with E-state index in [1.165, 1.54) is 22.3 Å². The molecule has 0 saturated carbocycles. The van der Waals surface area contributed by atoms with Gasteiger partial charge < -0.3 is 15.4 Å². The van der Waals surface area contributed by atoms with E-state index in [4.69, 9.17) is 4.74 Å². The largest absolute Gasteiger partial charge is 0.449 e. The van der Waals surface area contributed by atoms with Crippen molar-refractivity contribution in [3.63, 3.8) is 0 Å². The Bertz CT molecular complexity index is 645. The molecule has 0 fully saturated rings. The standard InChI is InChI=1S/C19H22N2O2.ClH/c1-20-11-6-12-21-19(22)23-13-18-16-9-4-2-7-14(16)15-8-3-5-10-17(15)18;/h2-5,7-10,18,20H,6,11-13H2,1H3,(H,21,22);1H. The van der Waals surface area contributed by atoms with Crippen LogP contribution in [0.25, 0.3) is 11.1 Å². The molecular formula is C19H23ClN2O2. The molecule has 1 amide bonds. The number of halogens is 1. The van der Waals surface area contributed by atoms with Crippen LogP contribution in [-0.4, -0.2) is 32.8 Å². The molecule has 5 heteroatoms. The van der Waals surface area contributed by atoms with Crippen LogP contribution >= 0.6 is 12.4 Å². The highest BCUT2D eigenvalue weighted by atomic mass is 35.5. The third-order valence-corrected chi connectivity index (χ3v) is 4.22. The van der Waals surface area contributed by atoms with Crippen molar-refractivity contribution in [3.05, 3.63) is 59.7 Å². The number of amides is 1. The maximum Gasteiger partial charge on any atom is 0.407 e. The van der Waals surface area contributed by atoms with Crippen molar-refractivity contribution in [3.8, 4) is 11.1 Å². The summed E-state index contributed by atoms with van der Waals surface area (Å²) in [6.45, 7) is 1.87. The molecule has 0 aromatic heterocycles. The van der Waals surface area contributed by atoms with Crippen molar-refractivity contribution in [1.29, 1.82) is 0 Å². The first kappa shape index (κ1) is 18.3. The van der Waals surface area contributed by atoms with E-state index < -0.39 is 0 Å². The third-order valence-electron chi connectivity index (χ3n) is 4.22. The third kappa shape index (κ3) is 3.89. The summed E-state index contributed by atoms with van der Waals surface area (Å²) < 4.78 is 5.45. The number of benzene rings is 2. The van der Waals surface area contributed by atoms with Crippen LogP contribution < -0.4 is 10.6 Å². The zero-order valence-electron chi connectivity index (χ0n) is 13.7. The van der Waals surface area contributed by atoms with Gasteiger partial charge in [0, 0.05) is 12.5 Å². The molecule has 2 aromatic carbocycles. The van der Waals surface area contributed by atoms with Gasteiger partial charge in [-0.1, -0.05) is 48.5 Å². The van der Waals surface area contributed by atoms with Gasteiger partial charge in [-0.3, -0.25) is 0 Å². The van der Waals surface area contributed by atoms with Crippen LogP contribution in [0.2, 0.25) is 0 Å². The molecule has 0 saturated heterocycles. The van der Waals surface area contributed by atoms with Crippen molar-refractivity contribution < 1.29 is 9.53 Å². The smallest absolute Gasteiger partial charge is 0.407 e. The fraction of sp³-hybridized carbons (Fsp3) is 0.316. The molecular weight excluding hydrogens is 324 g/mol. The topological polar surface area (TPSA) is 50.4 Å². The molecule has 0 unspecified atom stereocenters. The Balaban J connectivity index is 0.00000208. The molecule has 1 aliphatic carbocycles. The van der Waals surface area contributed by atoms with Gasteiger partial charge >= 0.3 is 6.09 Å². The van der Waals surface area contributed by atoms with E-state index in [1.54, 1.807) is 0 Å². The molecule has 4 nitrogen and oxygen atoms in total. The van der Waals surface area contributed by atoms with Gasteiger partial charge in [-0.2, -0.15) is 0 Å². The molecule has 0 radical (unpaired) electrons. The van der Waals surface area contributed by atoms with E-state index >= 15 is 0 Å². The monoisotopic (exact) mass is 346 g/mol. The number of carbonyl (C=O) groups is 1. The van der Waals surface area contributed by atoms with Gasteiger partial charge in [-0.15, -0.1) is 12.4 Å². The highest BCUT2D eigenvalue weighted by Gasteiger charge is 2.28. The minimum atomic E-state index is -0.344. The predicted molar refractivity (Wildman–Crippen MR) is 98.9 cm³/mol. The second-order valence-corrected chi connectivity index (χ2v) is 5.71. The van der Waals surface area contributed by atoms with Crippen LogP contribution in [0.5, 0.6) is 0 Å². The van der Waals surface area contributed by atoms with Gasteiger partial charge in [0.05, 0.1) is 0 Å². The molecule has 0 heterocycles. The molecule has 1 aliphatic rings. The molecule has 0 aliphatic heterocycles.